The number of hydrogen-bond acceptors (Lipinski definition) is 3. The van der Waals surface area contributed by atoms with E-state index in [9.17, 15) is 4.79 Å². The molecule has 0 saturated carbocycles. The Hall–Kier alpha value is -2.63. The molecule has 3 aromatic rings. The number of aryl methyl sites for hydroxylation is 3. The summed E-state index contributed by atoms with van der Waals surface area (Å²) in [6, 6.07) is 7.40. The van der Waals surface area contributed by atoms with Crippen LogP contribution in [0.5, 0.6) is 0 Å². The number of hydrogen-bond donors (Lipinski definition) is 1. The maximum absolute atomic E-state index is 11.1. The number of nitrogens with zero attached hydrogens (tertiary/aromatic N) is 4. The van der Waals surface area contributed by atoms with Gasteiger partial charge in [-0.2, -0.15) is 5.10 Å². The molecule has 1 N–H and O–H groups in total. The second-order valence-corrected chi connectivity index (χ2v) is 4.77. The first kappa shape index (κ1) is 12.4. The van der Waals surface area contributed by atoms with E-state index in [2.05, 4.69) is 10.1 Å². The number of aromatic nitrogens is 4. The third-order valence-corrected chi connectivity index (χ3v) is 3.50. The highest BCUT2D eigenvalue weighted by Crippen LogP contribution is 2.24. The van der Waals surface area contributed by atoms with E-state index in [-0.39, 0.29) is 5.69 Å². The van der Waals surface area contributed by atoms with Gasteiger partial charge in [0, 0.05) is 19.7 Å². The molecule has 0 atom stereocenters. The lowest BCUT2D eigenvalue weighted by Gasteiger charge is -1.98. The Morgan fingerprint density at radius 1 is 1.25 bits per heavy atom. The maximum Gasteiger partial charge on any atom is 0.354 e. The maximum atomic E-state index is 11.1. The number of imidazole rings is 1. The van der Waals surface area contributed by atoms with Crippen molar-refractivity contribution >= 4 is 17.0 Å². The SMILES string of the molecule is Cc1nc2cc(-c3cc(C(=O)O)n(C)n3)ccc2n1C. The van der Waals surface area contributed by atoms with Crippen molar-refractivity contribution < 1.29 is 9.90 Å². The average Bonchev–Trinajstić information content (AvgIpc) is 2.91. The minimum Gasteiger partial charge on any atom is -0.477 e. The van der Waals surface area contributed by atoms with E-state index in [0.717, 1.165) is 22.4 Å². The molecule has 0 radical (unpaired) electrons. The van der Waals surface area contributed by atoms with Gasteiger partial charge in [0.05, 0.1) is 16.7 Å². The fourth-order valence-corrected chi connectivity index (χ4v) is 2.29. The Kier molecular flexibility index (Phi) is 2.60. The summed E-state index contributed by atoms with van der Waals surface area (Å²) < 4.78 is 3.38. The van der Waals surface area contributed by atoms with E-state index in [4.69, 9.17) is 5.11 Å². The van der Waals surface area contributed by atoms with Crippen LogP contribution in [-0.4, -0.2) is 30.4 Å². The van der Waals surface area contributed by atoms with Gasteiger partial charge in [-0.15, -0.1) is 0 Å². The van der Waals surface area contributed by atoms with Gasteiger partial charge in [-0.1, -0.05) is 6.07 Å². The minimum atomic E-state index is -0.985. The lowest BCUT2D eigenvalue weighted by atomic mass is 10.1. The lowest BCUT2D eigenvalue weighted by molar-refractivity contribution is 0.0685. The lowest BCUT2D eigenvalue weighted by Crippen LogP contribution is -2.04. The molecule has 0 saturated heterocycles. The van der Waals surface area contributed by atoms with Gasteiger partial charge >= 0.3 is 5.97 Å². The van der Waals surface area contributed by atoms with Crippen molar-refractivity contribution in [3.05, 3.63) is 35.8 Å². The number of carboxylic acid groups (broad SMARTS) is 1. The molecular formula is C14H14N4O2. The molecule has 0 aliphatic carbocycles. The molecule has 2 aromatic heterocycles. The van der Waals surface area contributed by atoms with Gasteiger partial charge in [-0.3, -0.25) is 4.68 Å². The largest absolute Gasteiger partial charge is 0.477 e. The van der Waals surface area contributed by atoms with Crippen molar-refractivity contribution in [3.63, 3.8) is 0 Å². The summed E-state index contributed by atoms with van der Waals surface area (Å²) in [5.41, 5.74) is 3.58. The minimum absolute atomic E-state index is 0.164. The van der Waals surface area contributed by atoms with Crippen LogP contribution in [0.15, 0.2) is 24.3 Å². The monoisotopic (exact) mass is 270 g/mol. The molecule has 20 heavy (non-hydrogen) atoms. The van der Waals surface area contributed by atoms with E-state index in [1.165, 1.54) is 4.68 Å². The van der Waals surface area contributed by atoms with Crippen LogP contribution < -0.4 is 0 Å². The predicted octanol–water partition coefficient (Wildman–Crippen LogP) is 1.98. The van der Waals surface area contributed by atoms with Crippen molar-refractivity contribution in [2.24, 2.45) is 14.1 Å². The molecule has 0 bridgehead atoms. The first-order chi connectivity index (χ1) is 9.47. The Bertz CT molecular complexity index is 829. The number of carbonyl (C=O) groups is 1. The summed E-state index contributed by atoms with van der Waals surface area (Å²) in [5, 5.41) is 13.3. The highest BCUT2D eigenvalue weighted by molar-refractivity contribution is 5.88. The van der Waals surface area contributed by atoms with Gasteiger partial charge in [0.1, 0.15) is 11.5 Å². The number of aromatic carboxylic acids is 1. The van der Waals surface area contributed by atoms with E-state index in [1.54, 1.807) is 13.1 Å². The molecule has 0 aliphatic rings. The third-order valence-electron chi connectivity index (χ3n) is 3.50. The van der Waals surface area contributed by atoms with Crippen molar-refractivity contribution in [1.82, 2.24) is 19.3 Å². The summed E-state index contributed by atoms with van der Waals surface area (Å²) in [6.07, 6.45) is 0. The number of fused-ring (bicyclic) bond motifs is 1. The van der Waals surface area contributed by atoms with E-state index >= 15 is 0 Å². The van der Waals surface area contributed by atoms with Crippen LogP contribution in [0.2, 0.25) is 0 Å². The van der Waals surface area contributed by atoms with Gasteiger partial charge in [0.25, 0.3) is 0 Å². The fraction of sp³-hybridized carbons (Fsp3) is 0.214. The molecule has 0 amide bonds. The summed E-state index contributed by atoms with van der Waals surface area (Å²) in [7, 11) is 3.59. The van der Waals surface area contributed by atoms with Gasteiger partial charge in [-0.25, -0.2) is 9.78 Å². The Labute approximate surface area is 115 Å². The van der Waals surface area contributed by atoms with Crippen molar-refractivity contribution in [2.45, 2.75) is 6.92 Å². The van der Waals surface area contributed by atoms with E-state index in [1.807, 2.05) is 36.7 Å². The van der Waals surface area contributed by atoms with Crippen molar-refractivity contribution in [3.8, 4) is 11.3 Å². The van der Waals surface area contributed by atoms with E-state index < -0.39 is 5.97 Å². The van der Waals surface area contributed by atoms with Crippen LogP contribution in [0.3, 0.4) is 0 Å². The number of rotatable bonds is 2. The molecule has 1 aromatic carbocycles. The van der Waals surface area contributed by atoms with Crippen LogP contribution in [0.25, 0.3) is 22.3 Å². The van der Waals surface area contributed by atoms with Gasteiger partial charge in [0.2, 0.25) is 0 Å². The molecule has 0 fully saturated rings. The molecule has 6 heteroatoms. The predicted molar refractivity (Wildman–Crippen MR) is 74.6 cm³/mol. The quantitative estimate of drug-likeness (QED) is 0.772. The summed E-state index contributed by atoms with van der Waals surface area (Å²) in [5.74, 6) is -0.0506. The molecule has 102 valence electrons. The van der Waals surface area contributed by atoms with Crippen LogP contribution in [0.4, 0.5) is 0 Å². The standard InChI is InChI=1S/C14H14N4O2/c1-8-15-11-6-9(4-5-12(11)17(8)2)10-7-13(14(19)20)18(3)16-10/h4-7H,1-3H3,(H,19,20). The summed E-state index contributed by atoms with van der Waals surface area (Å²) in [4.78, 5) is 15.5. The van der Waals surface area contributed by atoms with Crippen LogP contribution in [0.1, 0.15) is 16.3 Å². The highest BCUT2D eigenvalue weighted by atomic mass is 16.4. The number of carboxylic acids is 1. The number of benzene rings is 1. The fourth-order valence-electron chi connectivity index (χ4n) is 2.29. The molecule has 0 aliphatic heterocycles. The summed E-state index contributed by atoms with van der Waals surface area (Å²) in [6.45, 7) is 1.95. The van der Waals surface area contributed by atoms with Crippen LogP contribution in [0, 0.1) is 6.92 Å². The van der Waals surface area contributed by atoms with Crippen molar-refractivity contribution in [2.75, 3.05) is 0 Å². The molecular weight excluding hydrogens is 256 g/mol. The van der Waals surface area contributed by atoms with Gasteiger partial charge in [-0.05, 0) is 25.1 Å². The molecule has 6 nitrogen and oxygen atoms in total. The van der Waals surface area contributed by atoms with Gasteiger partial charge in [0.15, 0.2) is 0 Å². The third kappa shape index (κ3) is 1.77. The topological polar surface area (TPSA) is 72.9 Å². The van der Waals surface area contributed by atoms with Crippen LogP contribution in [-0.2, 0) is 14.1 Å². The first-order valence-corrected chi connectivity index (χ1v) is 6.18. The first-order valence-electron chi connectivity index (χ1n) is 6.18. The molecule has 0 unspecified atom stereocenters. The molecule has 2 heterocycles. The normalized spacial score (nSPS) is 11.2. The second kappa shape index (κ2) is 4.19. The highest BCUT2D eigenvalue weighted by Gasteiger charge is 2.14. The zero-order valence-electron chi connectivity index (χ0n) is 11.5. The zero-order chi connectivity index (χ0) is 14.4. The Balaban J connectivity index is 2.15. The average molecular weight is 270 g/mol. The van der Waals surface area contributed by atoms with E-state index in [0.29, 0.717) is 5.69 Å². The second-order valence-electron chi connectivity index (χ2n) is 4.77. The molecule has 0 spiro atoms. The smallest absolute Gasteiger partial charge is 0.354 e. The Morgan fingerprint density at radius 3 is 2.65 bits per heavy atom. The zero-order valence-corrected chi connectivity index (χ0v) is 11.5. The van der Waals surface area contributed by atoms with Crippen LogP contribution >= 0.6 is 0 Å². The summed E-state index contributed by atoms with van der Waals surface area (Å²) >= 11 is 0. The molecule has 3 rings (SSSR count). The van der Waals surface area contributed by atoms with Crippen molar-refractivity contribution in [1.29, 1.82) is 0 Å². The van der Waals surface area contributed by atoms with Gasteiger partial charge < -0.3 is 9.67 Å². The Morgan fingerprint density at radius 2 is 2.00 bits per heavy atom.